The van der Waals surface area contributed by atoms with Gasteiger partial charge in [0.05, 0.1) is 13.2 Å². The number of ketones is 2. The number of carbonyl (C=O) groups excluding carboxylic acids is 2. The maximum absolute atomic E-state index is 10.5. The first-order valence-corrected chi connectivity index (χ1v) is 6.67. The zero-order valence-corrected chi connectivity index (χ0v) is 13.0. The van der Waals surface area contributed by atoms with Crippen LogP contribution < -0.4 is 0 Å². The summed E-state index contributed by atoms with van der Waals surface area (Å²) in [5.41, 5.74) is 0. The summed E-state index contributed by atoms with van der Waals surface area (Å²) in [6.07, 6.45) is -12.0. The fraction of sp³-hybridized carbons (Fsp3) is 0.667. The van der Waals surface area contributed by atoms with Gasteiger partial charge in [-0.1, -0.05) is 0 Å². The third-order valence-corrected chi connectivity index (χ3v) is 2.77. The molecule has 0 amide bonds. The second-order valence-corrected chi connectivity index (χ2v) is 4.71. The second-order valence-electron chi connectivity index (χ2n) is 4.71. The number of carbonyl (C=O) groups is 4. The molecule has 0 saturated heterocycles. The van der Waals surface area contributed by atoms with E-state index in [1.54, 1.807) is 0 Å². The van der Waals surface area contributed by atoms with Gasteiger partial charge in [0, 0.05) is 0 Å². The Labute approximate surface area is 144 Å². The van der Waals surface area contributed by atoms with Crippen LogP contribution in [0, 0.1) is 0 Å². The van der Waals surface area contributed by atoms with Crippen LogP contribution >= 0.6 is 0 Å². The van der Waals surface area contributed by atoms with Crippen LogP contribution in [-0.4, -0.2) is 124 Å². The van der Waals surface area contributed by atoms with Crippen molar-refractivity contribution in [1.29, 1.82) is 0 Å². The third kappa shape index (κ3) is 8.37. The number of carboxylic acids is 2. The van der Waals surface area contributed by atoms with E-state index >= 15 is 0 Å². The predicted octanol–water partition coefficient (Wildman–Crippen LogP) is -6.57. The first kappa shape index (κ1) is 26.2. The molecule has 0 aromatic heterocycles. The standard InChI is InChI=1S/2C6H10O7/c2*7-1-2(8)3(9)4(10)5(11)6(12)13/h2*2-4,7-10H,1H2,(H,12,13)/t2*2-,3+,4-/m00/s1. The lowest BCUT2D eigenvalue weighted by Crippen LogP contribution is -2.46. The topological polar surface area (TPSA) is 271 Å². The predicted molar refractivity (Wildman–Crippen MR) is 75.5 cm³/mol. The second kappa shape index (κ2) is 12.3. The van der Waals surface area contributed by atoms with Gasteiger partial charge in [-0.25, -0.2) is 9.59 Å². The van der Waals surface area contributed by atoms with Crippen molar-refractivity contribution in [2.45, 2.75) is 36.6 Å². The SMILES string of the molecule is O=C(O)C(=O)[C@@H](O)[C@H](O)[C@@H](O)CO.O=C(O)C(=O)[C@@H](O)[C@H](O)[C@@H](O)CO. The van der Waals surface area contributed by atoms with Gasteiger partial charge >= 0.3 is 11.9 Å². The smallest absolute Gasteiger partial charge is 0.375 e. The van der Waals surface area contributed by atoms with E-state index in [1.165, 1.54) is 0 Å². The Morgan fingerprint density at radius 2 is 0.808 bits per heavy atom. The molecule has 0 fully saturated rings. The average Bonchev–Trinajstić information content (AvgIpc) is 2.62. The quantitative estimate of drug-likeness (QED) is 0.156. The minimum atomic E-state index is -2.24. The van der Waals surface area contributed by atoms with E-state index in [1.807, 2.05) is 0 Å². The zero-order chi connectivity index (χ0) is 21.2. The van der Waals surface area contributed by atoms with Crippen molar-refractivity contribution in [2.24, 2.45) is 0 Å². The number of aliphatic hydroxyl groups excluding tert-OH is 8. The molecule has 0 aliphatic rings. The molecule has 14 nitrogen and oxygen atoms in total. The van der Waals surface area contributed by atoms with E-state index in [2.05, 4.69) is 0 Å². The summed E-state index contributed by atoms with van der Waals surface area (Å²) in [7, 11) is 0. The van der Waals surface area contributed by atoms with E-state index in [9.17, 15) is 19.2 Å². The Morgan fingerprint density at radius 1 is 0.577 bits per heavy atom. The molecule has 0 saturated carbocycles. The molecule has 26 heavy (non-hydrogen) atoms. The van der Waals surface area contributed by atoms with Crippen LogP contribution in [0.5, 0.6) is 0 Å². The summed E-state index contributed by atoms with van der Waals surface area (Å²) >= 11 is 0. The lowest BCUT2D eigenvalue weighted by Gasteiger charge is -2.18. The molecular weight excluding hydrogens is 368 g/mol. The maximum atomic E-state index is 10.5. The Kier molecular flexibility index (Phi) is 12.4. The van der Waals surface area contributed by atoms with E-state index in [0.717, 1.165) is 0 Å². The Hall–Kier alpha value is -2.04. The van der Waals surface area contributed by atoms with Gasteiger partial charge in [-0.15, -0.1) is 0 Å². The molecule has 0 aliphatic heterocycles. The van der Waals surface area contributed by atoms with Crippen molar-refractivity contribution >= 4 is 23.5 Å². The summed E-state index contributed by atoms with van der Waals surface area (Å²) in [5, 5.41) is 85.6. The fourth-order valence-electron chi connectivity index (χ4n) is 1.20. The summed E-state index contributed by atoms with van der Waals surface area (Å²) in [5.74, 6) is -7.12. The van der Waals surface area contributed by atoms with Crippen molar-refractivity contribution < 1.29 is 70.2 Å². The average molecular weight is 388 g/mol. The van der Waals surface area contributed by atoms with Crippen molar-refractivity contribution in [2.75, 3.05) is 13.2 Å². The maximum Gasteiger partial charge on any atom is 0.375 e. The van der Waals surface area contributed by atoms with Crippen molar-refractivity contribution in [1.82, 2.24) is 0 Å². The highest BCUT2D eigenvalue weighted by atomic mass is 16.4. The van der Waals surface area contributed by atoms with E-state index < -0.39 is 73.3 Å². The Balaban J connectivity index is 0. The lowest BCUT2D eigenvalue weighted by molar-refractivity contribution is -0.159. The fourth-order valence-corrected chi connectivity index (χ4v) is 1.20. The third-order valence-electron chi connectivity index (χ3n) is 2.77. The summed E-state index contributed by atoms with van der Waals surface area (Å²) in [6.45, 7) is -1.77. The summed E-state index contributed by atoms with van der Waals surface area (Å²) < 4.78 is 0. The van der Waals surface area contributed by atoms with E-state index in [4.69, 9.17) is 51.1 Å². The van der Waals surface area contributed by atoms with Crippen LogP contribution in [0.1, 0.15) is 0 Å². The van der Waals surface area contributed by atoms with Gasteiger partial charge in [-0.3, -0.25) is 9.59 Å². The van der Waals surface area contributed by atoms with Crippen LogP contribution in [-0.2, 0) is 19.2 Å². The van der Waals surface area contributed by atoms with Crippen LogP contribution in [0.15, 0.2) is 0 Å². The number of hydrogen-bond acceptors (Lipinski definition) is 12. The van der Waals surface area contributed by atoms with Gasteiger partial charge in [0.25, 0.3) is 11.6 Å². The molecule has 0 spiro atoms. The molecule has 0 heterocycles. The van der Waals surface area contributed by atoms with E-state index in [0.29, 0.717) is 0 Å². The monoisotopic (exact) mass is 388 g/mol. The van der Waals surface area contributed by atoms with Crippen molar-refractivity contribution in [3.63, 3.8) is 0 Å². The molecule has 0 rings (SSSR count). The van der Waals surface area contributed by atoms with Crippen molar-refractivity contribution in [3.8, 4) is 0 Å². The summed E-state index contributed by atoms with van der Waals surface area (Å²) in [6, 6.07) is 0. The van der Waals surface area contributed by atoms with Gasteiger partial charge < -0.3 is 51.1 Å². The first-order valence-electron chi connectivity index (χ1n) is 6.67. The number of aliphatic carboxylic acids is 2. The number of aliphatic hydroxyl groups is 8. The molecule has 10 N–H and O–H groups in total. The zero-order valence-electron chi connectivity index (χ0n) is 13.0. The molecule has 6 atom stereocenters. The van der Waals surface area contributed by atoms with Gasteiger partial charge in [-0.05, 0) is 0 Å². The molecular formula is C12H20O14. The van der Waals surface area contributed by atoms with Gasteiger partial charge in [-0.2, -0.15) is 0 Å². The Bertz CT molecular complexity index is 446. The molecule has 0 aromatic rings. The molecule has 0 unspecified atom stereocenters. The molecule has 0 aliphatic carbocycles. The van der Waals surface area contributed by atoms with Crippen LogP contribution in [0.2, 0.25) is 0 Å². The number of Topliss-reactive ketones (excluding diaryl/α,β-unsaturated/α-hetero) is 2. The first-order chi connectivity index (χ1) is 11.8. The summed E-state index contributed by atoms with van der Waals surface area (Å²) in [4.78, 5) is 41.0. The lowest BCUT2D eigenvalue weighted by atomic mass is 10.1. The normalized spacial score (nSPS) is 17.5. The van der Waals surface area contributed by atoms with Crippen LogP contribution in [0.25, 0.3) is 0 Å². The minimum absolute atomic E-state index is 0.884. The van der Waals surface area contributed by atoms with E-state index in [-0.39, 0.29) is 0 Å². The van der Waals surface area contributed by atoms with Crippen molar-refractivity contribution in [3.05, 3.63) is 0 Å². The highest BCUT2D eigenvalue weighted by molar-refractivity contribution is 6.35. The highest BCUT2D eigenvalue weighted by Crippen LogP contribution is 2.02. The number of rotatable bonds is 10. The number of carboxylic acid groups (broad SMARTS) is 2. The van der Waals surface area contributed by atoms with Gasteiger partial charge in [0.15, 0.2) is 12.2 Å². The highest BCUT2D eigenvalue weighted by Gasteiger charge is 2.34. The molecule has 152 valence electrons. The van der Waals surface area contributed by atoms with Crippen LogP contribution in [0.3, 0.4) is 0 Å². The largest absolute Gasteiger partial charge is 0.475 e. The van der Waals surface area contributed by atoms with Gasteiger partial charge in [0.1, 0.15) is 24.4 Å². The van der Waals surface area contributed by atoms with Gasteiger partial charge in [0.2, 0.25) is 0 Å². The molecule has 14 heteroatoms. The van der Waals surface area contributed by atoms with Crippen LogP contribution in [0.4, 0.5) is 0 Å². The minimum Gasteiger partial charge on any atom is -0.475 e. The molecule has 0 radical (unpaired) electrons. The number of hydrogen-bond donors (Lipinski definition) is 10. The molecule has 0 bridgehead atoms. The Morgan fingerprint density at radius 3 is 0.962 bits per heavy atom. The molecule has 0 aromatic carbocycles.